The van der Waals surface area contributed by atoms with Gasteiger partial charge in [-0.05, 0) is 23.8 Å². The van der Waals surface area contributed by atoms with Gasteiger partial charge in [-0.2, -0.15) is 0 Å². The highest BCUT2D eigenvalue weighted by Gasteiger charge is 2.66. The van der Waals surface area contributed by atoms with Crippen molar-refractivity contribution in [3.05, 3.63) is 75.6 Å². The summed E-state index contributed by atoms with van der Waals surface area (Å²) in [5, 5.41) is 14.7. The molecule has 0 saturated carbocycles. The molecule has 0 aromatic heterocycles. The lowest BCUT2D eigenvalue weighted by molar-refractivity contribution is -0.505. The molecule has 6 nitrogen and oxygen atoms in total. The zero-order chi connectivity index (χ0) is 18.6. The SMILES string of the molecule is CN1C(=O)[C@@]2(NC(=S)[C@H]([N+](=O)[O-])[C@H]2c2ccc(F)cc2)c2ccccc21. The van der Waals surface area contributed by atoms with Crippen LogP contribution in [0.15, 0.2) is 48.5 Å². The van der Waals surface area contributed by atoms with Gasteiger partial charge in [-0.3, -0.25) is 14.9 Å². The number of amides is 1. The number of hydrogen-bond donors (Lipinski definition) is 1. The second kappa shape index (κ2) is 5.57. The average molecular weight is 371 g/mol. The van der Waals surface area contributed by atoms with Gasteiger partial charge in [0.05, 0.1) is 5.92 Å². The molecule has 2 aliphatic rings. The molecule has 1 saturated heterocycles. The Labute approximate surface area is 153 Å². The Hall–Kier alpha value is -2.87. The van der Waals surface area contributed by atoms with E-state index in [0.717, 1.165) is 0 Å². The van der Waals surface area contributed by atoms with Crippen LogP contribution in [0.5, 0.6) is 0 Å². The van der Waals surface area contributed by atoms with Gasteiger partial charge in [-0.1, -0.05) is 42.5 Å². The van der Waals surface area contributed by atoms with Gasteiger partial charge in [0.15, 0.2) is 10.5 Å². The third kappa shape index (κ3) is 2.02. The number of halogens is 1. The maximum absolute atomic E-state index is 13.4. The monoisotopic (exact) mass is 371 g/mol. The molecule has 0 bridgehead atoms. The number of nitrogens with one attached hydrogen (secondary N) is 1. The molecule has 8 heteroatoms. The minimum Gasteiger partial charge on any atom is -0.356 e. The van der Waals surface area contributed by atoms with Crippen molar-refractivity contribution in [3.63, 3.8) is 0 Å². The molecule has 2 heterocycles. The molecule has 1 amide bonds. The summed E-state index contributed by atoms with van der Waals surface area (Å²) in [4.78, 5) is 26.0. The first kappa shape index (κ1) is 16.6. The van der Waals surface area contributed by atoms with Crippen LogP contribution in [0.4, 0.5) is 10.1 Å². The highest BCUT2D eigenvalue weighted by atomic mass is 32.1. The summed E-state index contributed by atoms with van der Waals surface area (Å²) in [6.07, 6.45) is 0. The van der Waals surface area contributed by atoms with E-state index in [9.17, 15) is 19.3 Å². The molecule has 132 valence electrons. The van der Waals surface area contributed by atoms with E-state index in [4.69, 9.17) is 12.2 Å². The van der Waals surface area contributed by atoms with Crippen molar-refractivity contribution < 1.29 is 14.1 Å². The number of carbonyl (C=O) groups is 1. The first-order valence-corrected chi connectivity index (χ1v) is 8.37. The number of anilines is 1. The fraction of sp³-hybridized carbons (Fsp3) is 0.222. The molecular formula is C18H14FN3O3S. The molecule has 2 aromatic carbocycles. The number of nitro groups is 1. The molecule has 2 aromatic rings. The lowest BCUT2D eigenvalue weighted by atomic mass is 9.75. The topological polar surface area (TPSA) is 75.5 Å². The molecule has 1 fully saturated rings. The molecule has 2 aliphatic heterocycles. The van der Waals surface area contributed by atoms with E-state index >= 15 is 0 Å². The Bertz CT molecular complexity index is 949. The van der Waals surface area contributed by atoms with Crippen LogP contribution >= 0.6 is 12.2 Å². The van der Waals surface area contributed by atoms with Crippen molar-refractivity contribution in [2.45, 2.75) is 17.5 Å². The summed E-state index contributed by atoms with van der Waals surface area (Å²) in [5.41, 5.74) is 0.411. The van der Waals surface area contributed by atoms with E-state index in [1.807, 2.05) is 0 Å². The minimum absolute atomic E-state index is 0.00257. The Morgan fingerprint density at radius 1 is 1.23 bits per heavy atom. The molecule has 4 rings (SSSR count). The Morgan fingerprint density at radius 2 is 1.88 bits per heavy atom. The van der Waals surface area contributed by atoms with Gasteiger partial charge in [0.1, 0.15) is 5.82 Å². The van der Waals surface area contributed by atoms with E-state index < -0.39 is 28.2 Å². The van der Waals surface area contributed by atoms with Gasteiger partial charge in [0, 0.05) is 23.2 Å². The average Bonchev–Trinajstić information content (AvgIpc) is 3.04. The fourth-order valence-corrected chi connectivity index (χ4v) is 4.45. The minimum atomic E-state index is -1.38. The first-order valence-electron chi connectivity index (χ1n) is 7.96. The van der Waals surface area contributed by atoms with Crippen molar-refractivity contribution in [3.8, 4) is 0 Å². The number of nitrogens with zero attached hydrogens (tertiary/aromatic N) is 2. The summed E-state index contributed by atoms with van der Waals surface area (Å²) >= 11 is 5.25. The van der Waals surface area contributed by atoms with Crippen LogP contribution in [0.1, 0.15) is 17.0 Å². The summed E-state index contributed by atoms with van der Waals surface area (Å²) in [7, 11) is 1.63. The molecule has 1 spiro atoms. The third-order valence-corrected chi connectivity index (χ3v) is 5.50. The second-order valence-corrected chi connectivity index (χ2v) is 6.88. The summed E-state index contributed by atoms with van der Waals surface area (Å²) in [6, 6.07) is 11.3. The maximum Gasteiger partial charge on any atom is 0.272 e. The Kier molecular flexibility index (Phi) is 3.55. The van der Waals surface area contributed by atoms with Crippen molar-refractivity contribution in [2.24, 2.45) is 0 Å². The second-order valence-electron chi connectivity index (χ2n) is 6.44. The van der Waals surface area contributed by atoms with E-state index in [1.54, 1.807) is 31.3 Å². The van der Waals surface area contributed by atoms with E-state index in [-0.39, 0.29) is 10.9 Å². The van der Waals surface area contributed by atoms with Crippen molar-refractivity contribution in [1.29, 1.82) is 0 Å². The van der Waals surface area contributed by atoms with Crippen LogP contribution in [0.2, 0.25) is 0 Å². The summed E-state index contributed by atoms with van der Waals surface area (Å²) in [6.45, 7) is 0. The normalized spacial score (nSPS) is 26.9. The number of benzene rings is 2. The van der Waals surface area contributed by atoms with Gasteiger partial charge < -0.3 is 10.2 Å². The third-order valence-electron chi connectivity index (χ3n) is 5.16. The lowest BCUT2D eigenvalue weighted by Gasteiger charge is -2.30. The maximum atomic E-state index is 13.4. The van der Waals surface area contributed by atoms with Gasteiger partial charge >= 0.3 is 0 Å². The summed E-state index contributed by atoms with van der Waals surface area (Å²) in [5.74, 6) is -1.66. The number of likely N-dealkylation sites (N-methyl/N-ethyl adjacent to an activating group) is 1. The van der Waals surface area contributed by atoms with Gasteiger partial charge in [-0.25, -0.2) is 4.39 Å². The largest absolute Gasteiger partial charge is 0.356 e. The molecule has 0 aliphatic carbocycles. The van der Waals surface area contributed by atoms with E-state index in [0.29, 0.717) is 16.8 Å². The molecule has 0 unspecified atom stereocenters. The van der Waals surface area contributed by atoms with Gasteiger partial charge in [0.25, 0.3) is 11.9 Å². The number of carbonyl (C=O) groups excluding carboxylic acids is 1. The molecule has 3 atom stereocenters. The highest BCUT2D eigenvalue weighted by Crippen LogP contribution is 2.52. The number of rotatable bonds is 2. The van der Waals surface area contributed by atoms with E-state index in [1.165, 1.54) is 29.2 Å². The fourth-order valence-electron chi connectivity index (χ4n) is 4.06. The van der Waals surface area contributed by atoms with Crippen molar-refractivity contribution >= 4 is 28.8 Å². The first-order chi connectivity index (χ1) is 12.4. The number of thiocarbonyl (C=S) groups is 1. The van der Waals surface area contributed by atoms with Crippen LogP contribution in [-0.4, -0.2) is 28.9 Å². The van der Waals surface area contributed by atoms with Crippen molar-refractivity contribution in [1.82, 2.24) is 5.32 Å². The predicted octanol–water partition coefficient (Wildman–Crippen LogP) is 2.36. The van der Waals surface area contributed by atoms with Crippen molar-refractivity contribution in [2.75, 3.05) is 11.9 Å². The van der Waals surface area contributed by atoms with Crippen LogP contribution in [0.3, 0.4) is 0 Å². The smallest absolute Gasteiger partial charge is 0.272 e. The lowest BCUT2D eigenvalue weighted by Crippen LogP contribution is -2.50. The molecule has 0 radical (unpaired) electrons. The van der Waals surface area contributed by atoms with Crippen LogP contribution in [0.25, 0.3) is 0 Å². The van der Waals surface area contributed by atoms with Crippen LogP contribution in [0, 0.1) is 15.9 Å². The predicted molar refractivity (Wildman–Crippen MR) is 97.2 cm³/mol. The van der Waals surface area contributed by atoms with Gasteiger partial charge in [0.2, 0.25) is 0 Å². The van der Waals surface area contributed by atoms with Gasteiger partial charge in [-0.15, -0.1) is 0 Å². The zero-order valence-corrected chi connectivity index (χ0v) is 14.5. The van der Waals surface area contributed by atoms with Crippen LogP contribution < -0.4 is 10.2 Å². The Morgan fingerprint density at radius 3 is 2.54 bits per heavy atom. The molecule has 1 N–H and O–H groups in total. The summed E-state index contributed by atoms with van der Waals surface area (Å²) < 4.78 is 13.4. The number of hydrogen-bond acceptors (Lipinski definition) is 4. The zero-order valence-electron chi connectivity index (χ0n) is 13.7. The highest BCUT2D eigenvalue weighted by molar-refractivity contribution is 7.80. The van der Waals surface area contributed by atoms with Crippen LogP contribution in [-0.2, 0) is 10.3 Å². The number of fused-ring (bicyclic) bond motifs is 2. The molecule has 26 heavy (non-hydrogen) atoms. The Balaban J connectivity index is 2.00. The standard InChI is InChI=1S/C18H14FN3O3S/c1-21-13-5-3-2-4-12(13)18(17(21)23)14(10-6-8-11(19)9-7-10)15(22(24)25)16(26)20-18/h2-9,14-15H,1H3,(H,20,26)/t14-,15-,18-/m1/s1. The quantitative estimate of drug-likeness (QED) is 0.498. The van der Waals surface area contributed by atoms with E-state index in [2.05, 4.69) is 5.32 Å². The molecular weight excluding hydrogens is 357 g/mol. The number of para-hydroxylation sites is 1.